The molecule has 5 rings (SSSR count). The van der Waals surface area contributed by atoms with Crippen molar-refractivity contribution in [2.24, 2.45) is 0 Å². The van der Waals surface area contributed by atoms with E-state index in [-0.39, 0.29) is 49.9 Å². The summed E-state index contributed by atoms with van der Waals surface area (Å²) in [5.74, 6) is -2.12. The Hall–Kier alpha value is -5.46. The van der Waals surface area contributed by atoms with E-state index in [9.17, 15) is 28.5 Å². The maximum atomic E-state index is 14.8. The van der Waals surface area contributed by atoms with E-state index in [0.29, 0.717) is 18.8 Å². The lowest BCUT2D eigenvalue weighted by atomic mass is 10.1. The third-order valence-corrected chi connectivity index (χ3v) is 9.60. The average molecular weight is 827 g/mol. The molecule has 3 unspecified atom stereocenters. The topological polar surface area (TPSA) is 215 Å². The summed E-state index contributed by atoms with van der Waals surface area (Å²) in [4.78, 5) is 65.3. The lowest BCUT2D eigenvalue weighted by Crippen LogP contribution is -2.42. The zero-order valence-electron chi connectivity index (χ0n) is 31.6. The van der Waals surface area contributed by atoms with Crippen molar-refractivity contribution < 1.29 is 65.7 Å². The number of phosphoric acid groups is 1. The Labute approximate surface area is 332 Å². The summed E-state index contributed by atoms with van der Waals surface area (Å²) in [7, 11) is -3.26. The number of carbonyl (C=O) groups excluding carboxylic acids is 3. The molecule has 0 bridgehead atoms. The van der Waals surface area contributed by atoms with Crippen molar-refractivity contribution in [3.05, 3.63) is 135 Å². The van der Waals surface area contributed by atoms with Gasteiger partial charge in [0, 0.05) is 26.3 Å². The molecule has 58 heavy (non-hydrogen) atoms. The summed E-state index contributed by atoms with van der Waals surface area (Å²) >= 11 is 0. The molecule has 4 aromatic rings. The molecule has 1 N–H and O–H groups in total. The number of rotatable bonds is 22. The lowest BCUT2D eigenvalue weighted by Gasteiger charge is -2.28. The van der Waals surface area contributed by atoms with Gasteiger partial charge in [-0.05, 0) is 42.0 Å². The van der Waals surface area contributed by atoms with Crippen LogP contribution in [0.3, 0.4) is 0 Å². The summed E-state index contributed by atoms with van der Waals surface area (Å²) in [6.07, 6.45) is -5.03. The molecule has 2 heterocycles. The lowest BCUT2D eigenvalue weighted by molar-refractivity contribution is -0.142. The molecular weight excluding hydrogens is 783 g/mol. The number of esters is 3. The molecule has 0 saturated carbocycles. The van der Waals surface area contributed by atoms with Crippen LogP contribution in [0.25, 0.3) is 0 Å². The van der Waals surface area contributed by atoms with Crippen molar-refractivity contribution in [3.63, 3.8) is 0 Å². The molecule has 5 atom stereocenters. The average Bonchev–Trinajstić information content (AvgIpc) is 3.54. The van der Waals surface area contributed by atoms with Crippen molar-refractivity contribution in [2.75, 3.05) is 53.4 Å². The van der Waals surface area contributed by atoms with E-state index < -0.39 is 68.1 Å². The zero-order chi connectivity index (χ0) is 41.3. The molecule has 310 valence electrons. The van der Waals surface area contributed by atoms with Crippen LogP contribution >= 0.6 is 7.82 Å². The Kier molecular flexibility index (Phi) is 16.5. The van der Waals surface area contributed by atoms with Crippen LogP contribution in [-0.2, 0) is 58.2 Å². The third kappa shape index (κ3) is 13.0. The van der Waals surface area contributed by atoms with E-state index in [1.54, 1.807) is 55.6 Å². The van der Waals surface area contributed by atoms with E-state index in [0.717, 1.165) is 16.8 Å². The normalized spacial score (nSPS) is 18.5. The molecule has 3 aromatic carbocycles. The number of ether oxygens (including phenoxy) is 7. The van der Waals surface area contributed by atoms with Crippen molar-refractivity contribution in [1.29, 1.82) is 0 Å². The van der Waals surface area contributed by atoms with Crippen LogP contribution in [0.15, 0.2) is 107 Å². The fourth-order valence-corrected chi connectivity index (χ4v) is 6.78. The second-order valence-corrected chi connectivity index (χ2v) is 13.9. The van der Waals surface area contributed by atoms with Crippen LogP contribution in [-0.4, -0.2) is 99.1 Å². The maximum absolute atomic E-state index is 14.8. The van der Waals surface area contributed by atoms with Crippen LogP contribution in [0, 0.1) is 0 Å². The van der Waals surface area contributed by atoms with Crippen molar-refractivity contribution in [1.82, 2.24) is 9.55 Å². The van der Waals surface area contributed by atoms with Gasteiger partial charge >= 0.3 is 31.4 Å². The molecule has 19 heteroatoms. The molecule has 0 radical (unpaired) electrons. The van der Waals surface area contributed by atoms with E-state index in [2.05, 4.69) is 4.98 Å². The highest BCUT2D eigenvalue weighted by Crippen LogP contribution is 2.53. The van der Waals surface area contributed by atoms with Gasteiger partial charge in [0.05, 0.1) is 50.8 Å². The van der Waals surface area contributed by atoms with Gasteiger partial charge in [0.2, 0.25) is 0 Å². The SMILES string of the molecule is COCCOCCOCCOP(=O)(Oc1ccc(COC(C)=O)cc1)OC1C(OC(=O)c2ccccc2)[C@H](n2ccc(=O)[nH]c2=O)O[C@@H]1COC(=O)c1ccccc1. The number of nitrogens with one attached hydrogen (secondary N) is 1. The number of carbonyl (C=O) groups is 3. The zero-order valence-corrected chi connectivity index (χ0v) is 32.5. The third-order valence-electron chi connectivity index (χ3n) is 8.17. The van der Waals surface area contributed by atoms with Gasteiger partial charge in [-0.3, -0.25) is 28.2 Å². The molecule has 1 aromatic heterocycles. The number of nitrogens with zero attached hydrogens (tertiary/aromatic N) is 1. The first-order chi connectivity index (χ1) is 28.0. The Morgan fingerprint density at radius 2 is 1.38 bits per heavy atom. The Morgan fingerprint density at radius 1 is 0.759 bits per heavy atom. The Balaban J connectivity index is 1.47. The van der Waals surface area contributed by atoms with Gasteiger partial charge in [-0.25, -0.2) is 18.9 Å². The quantitative estimate of drug-likeness (QED) is 0.0515. The summed E-state index contributed by atoms with van der Waals surface area (Å²) in [5.41, 5.74) is -0.747. The molecule has 0 aliphatic carbocycles. The molecule has 1 aliphatic rings. The summed E-state index contributed by atoms with van der Waals surface area (Å²) in [6.45, 7) is 1.43. The van der Waals surface area contributed by atoms with Crippen molar-refractivity contribution in [3.8, 4) is 5.75 Å². The molecule has 0 spiro atoms. The van der Waals surface area contributed by atoms with Crippen LogP contribution < -0.4 is 15.8 Å². The molecule has 1 fully saturated rings. The summed E-state index contributed by atoms with van der Waals surface area (Å²) in [6, 6.07) is 22.9. The number of H-pyrrole nitrogens is 1. The largest absolute Gasteiger partial charge is 0.530 e. The second-order valence-electron chi connectivity index (χ2n) is 12.4. The Morgan fingerprint density at radius 3 is 2.00 bits per heavy atom. The minimum absolute atomic E-state index is 0.000394. The van der Waals surface area contributed by atoms with Crippen molar-refractivity contribution in [2.45, 2.75) is 38.1 Å². The standard InChI is InChI=1S/C39H43N2O16P/c1-27(42)51-25-28-13-15-31(16-14-28)56-58(47,53-24-23-50-22-21-49-20-19-48-2)57-34-32(26-52-37(44)29-9-5-3-6-10-29)54-36(41-18-17-33(43)40-39(41)46)35(34)55-38(45)30-11-7-4-8-12-30/h3-18,32,34-36H,19-26H2,1-2H3,(H,40,43,46)/t32-,34?,35?,36-,58?/m1/s1. The first kappa shape index (κ1) is 43.7. The van der Waals surface area contributed by atoms with Crippen LogP contribution in [0.2, 0.25) is 0 Å². The molecule has 1 aliphatic heterocycles. The minimum Gasteiger partial charge on any atom is -0.461 e. The van der Waals surface area contributed by atoms with Gasteiger partial charge in [-0.15, -0.1) is 0 Å². The van der Waals surface area contributed by atoms with Gasteiger partial charge < -0.3 is 37.7 Å². The van der Waals surface area contributed by atoms with E-state index in [4.69, 9.17) is 46.7 Å². The molecule has 18 nitrogen and oxygen atoms in total. The Bertz CT molecular complexity index is 2090. The smallest absolute Gasteiger partial charge is 0.461 e. The number of aromatic nitrogens is 2. The number of aromatic amines is 1. The molecule has 0 amide bonds. The van der Waals surface area contributed by atoms with Crippen molar-refractivity contribution >= 4 is 25.7 Å². The first-order valence-corrected chi connectivity index (χ1v) is 19.5. The number of hydrogen-bond donors (Lipinski definition) is 1. The van der Waals surface area contributed by atoms with Gasteiger partial charge in [-0.2, -0.15) is 0 Å². The predicted molar refractivity (Wildman–Crippen MR) is 202 cm³/mol. The van der Waals surface area contributed by atoms with Crippen LogP contribution in [0.1, 0.15) is 39.4 Å². The number of methoxy groups -OCH3 is 1. The van der Waals surface area contributed by atoms with Gasteiger partial charge in [0.25, 0.3) is 5.56 Å². The van der Waals surface area contributed by atoms with E-state index in [1.165, 1.54) is 43.3 Å². The number of benzene rings is 3. The fourth-order valence-electron chi connectivity index (χ4n) is 5.39. The van der Waals surface area contributed by atoms with Gasteiger partial charge in [0.1, 0.15) is 31.2 Å². The maximum Gasteiger partial charge on any atom is 0.530 e. The molecular formula is C39H43N2O16P. The first-order valence-electron chi connectivity index (χ1n) is 18.0. The summed E-state index contributed by atoms with van der Waals surface area (Å²) in [5, 5.41) is 0. The fraction of sp³-hybridized carbons (Fsp3) is 0.359. The number of hydrogen-bond acceptors (Lipinski definition) is 16. The van der Waals surface area contributed by atoms with E-state index in [1.807, 2.05) is 0 Å². The van der Waals surface area contributed by atoms with E-state index >= 15 is 0 Å². The minimum atomic E-state index is -4.81. The number of phosphoric ester groups is 1. The predicted octanol–water partition coefficient (Wildman–Crippen LogP) is 3.85. The second kappa shape index (κ2) is 21.9. The van der Waals surface area contributed by atoms with Gasteiger partial charge in [-0.1, -0.05) is 48.5 Å². The highest BCUT2D eigenvalue weighted by atomic mass is 31.2. The van der Waals surface area contributed by atoms with Gasteiger partial charge in [0.15, 0.2) is 12.3 Å². The van der Waals surface area contributed by atoms with Crippen LogP contribution in [0.5, 0.6) is 5.75 Å². The monoisotopic (exact) mass is 826 g/mol. The van der Waals surface area contributed by atoms with Crippen LogP contribution in [0.4, 0.5) is 0 Å². The summed E-state index contributed by atoms with van der Waals surface area (Å²) < 4.78 is 72.1. The highest BCUT2D eigenvalue weighted by molar-refractivity contribution is 7.49. The molecule has 1 saturated heterocycles. The highest BCUT2D eigenvalue weighted by Gasteiger charge is 2.53.